The van der Waals surface area contributed by atoms with Crippen molar-refractivity contribution < 1.29 is 8.42 Å². The van der Waals surface area contributed by atoms with E-state index in [-0.39, 0.29) is 17.5 Å². The molecule has 3 heterocycles. The third-order valence-corrected chi connectivity index (χ3v) is 8.64. The van der Waals surface area contributed by atoms with Gasteiger partial charge in [0.05, 0.1) is 22.6 Å². The minimum atomic E-state index is -2.94. The zero-order valence-corrected chi connectivity index (χ0v) is 17.7. The van der Waals surface area contributed by atoms with Gasteiger partial charge in [0.1, 0.15) is 16.5 Å². The van der Waals surface area contributed by atoms with E-state index >= 15 is 0 Å². The zero-order valence-electron chi connectivity index (χ0n) is 15.2. The number of thiophene rings is 1. The first-order chi connectivity index (χ1) is 12.9. The molecule has 27 heavy (non-hydrogen) atoms. The maximum Gasteiger partial charge on any atom is 0.152 e. The summed E-state index contributed by atoms with van der Waals surface area (Å²) in [6, 6.07) is 10.1. The SMILES string of the molecule is Cc1sc2nc(CSc3ccccc3)nc(N[C@H]3CCS(=O)(=O)C3)c2c1C. The monoisotopic (exact) mass is 419 g/mol. The minimum absolute atomic E-state index is 0.0812. The maximum absolute atomic E-state index is 11.8. The second kappa shape index (κ2) is 7.41. The van der Waals surface area contributed by atoms with E-state index in [0.29, 0.717) is 12.2 Å². The smallest absolute Gasteiger partial charge is 0.152 e. The van der Waals surface area contributed by atoms with Gasteiger partial charge in [0.2, 0.25) is 0 Å². The topological polar surface area (TPSA) is 72.0 Å². The van der Waals surface area contributed by atoms with Crippen LogP contribution in [0.25, 0.3) is 10.2 Å². The van der Waals surface area contributed by atoms with Gasteiger partial charge in [-0.05, 0) is 38.0 Å². The Morgan fingerprint density at radius 2 is 2.00 bits per heavy atom. The number of aromatic nitrogens is 2. The van der Waals surface area contributed by atoms with Crippen molar-refractivity contribution in [1.29, 1.82) is 0 Å². The first-order valence-corrected chi connectivity index (χ1v) is 12.4. The van der Waals surface area contributed by atoms with Crippen LogP contribution in [0.15, 0.2) is 35.2 Å². The summed E-state index contributed by atoms with van der Waals surface area (Å²) in [7, 11) is -2.94. The quantitative estimate of drug-likeness (QED) is 0.625. The molecule has 5 nitrogen and oxygen atoms in total. The van der Waals surface area contributed by atoms with Gasteiger partial charge < -0.3 is 5.32 Å². The molecule has 0 amide bonds. The Labute approximate surface area is 167 Å². The van der Waals surface area contributed by atoms with E-state index in [4.69, 9.17) is 9.97 Å². The largest absolute Gasteiger partial charge is 0.366 e. The summed E-state index contributed by atoms with van der Waals surface area (Å²) in [5.41, 5.74) is 1.17. The molecule has 1 atom stereocenters. The van der Waals surface area contributed by atoms with Crippen LogP contribution in [0.1, 0.15) is 22.7 Å². The lowest BCUT2D eigenvalue weighted by molar-refractivity contribution is 0.602. The van der Waals surface area contributed by atoms with Gasteiger partial charge in [-0.25, -0.2) is 18.4 Å². The molecule has 0 bridgehead atoms. The summed E-state index contributed by atoms with van der Waals surface area (Å²) in [5.74, 6) is 2.63. The Bertz CT molecular complexity index is 1080. The van der Waals surface area contributed by atoms with Gasteiger partial charge in [0, 0.05) is 15.8 Å². The molecule has 0 saturated carbocycles. The van der Waals surface area contributed by atoms with Gasteiger partial charge in [0.25, 0.3) is 0 Å². The van der Waals surface area contributed by atoms with Crippen LogP contribution in [0.2, 0.25) is 0 Å². The molecule has 1 N–H and O–H groups in total. The third kappa shape index (κ3) is 4.12. The maximum atomic E-state index is 11.8. The van der Waals surface area contributed by atoms with Gasteiger partial charge in [-0.1, -0.05) is 18.2 Å². The summed E-state index contributed by atoms with van der Waals surface area (Å²) in [4.78, 5) is 12.9. The van der Waals surface area contributed by atoms with Gasteiger partial charge in [-0.15, -0.1) is 23.1 Å². The molecule has 1 aromatic carbocycles. The molecule has 142 valence electrons. The highest BCUT2D eigenvalue weighted by Gasteiger charge is 2.29. The molecular weight excluding hydrogens is 398 g/mol. The van der Waals surface area contributed by atoms with Gasteiger partial charge in [0.15, 0.2) is 9.84 Å². The van der Waals surface area contributed by atoms with Crippen LogP contribution in [0.3, 0.4) is 0 Å². The first-order valence-electron chi connectivity index (χ1n) is 8.83. The highest BCUT2D eigenvalue weighted by atomic mass is 32.2. The van der Waals surface area contributed by atoms with Crippen LogP contribution in [-0.4, -0.2) is 35.9 Å². The molecule has 0 aliphatic carbocycles. The molecule has 0 radical (unpaired) electrons. The van der Waals surface area contributed by atoms with Gasteiger partial charge in [-0.2, -0.15) is 0 Å². The fraction of sp³-hybridized carbons (Fsp3) is 0.368. The number of hydrogen-bond acceptors (Lipinski definition) is 7. The van der Waals surface area contributed by atoms with Crippen LogP contribution in [0, 0.1) is 13.8 Å². The van der Waals surface area contributed by atoms with Crippen LogP contribution < -0.4 is 5.32 Å². The van der Waals surface area contributed by atoms with Crippen LogP contribution in [0.4, 0.5) is 5.82 Å². The average molecular weight is 420 g/mol. The molecule has 4 rings (SSSR count). The van der Waals surface area contributed by atoms with Crippen molar-refractivity contribution >= 4 is 49.0 Å². The molecule has 0 unspecified atom stereocenters. The van der Waals surface area contributed by atoms with Crippen LogP contribution >= 0.6 is 23.1 Å². The van der Waals surface area contributed by atoms with Crippen molar-refractivity contribution in [2.75, 3.05) is 16.8 Å². The first kappa shape index (κ1) is 18.7. The fourth-order valence-electron chi connectivity index (χ4n) is 3.23. The van der Waals surface area contributed by atoms with Crippen molar-refractivity contribution in [3.63, 3.8) is 0 Å². The normalized spacial score (nSPS) is 18.8. The summed E-state index contributed by atoms with van der Waals surface area (Å²) in [6.07, 6.45) is 0.629. The van der Waals surface area contributed by atoms with E-state index in [1.807, 2.05) is 18.2 Å². The van der Waals surface area contributed by atoms with E-state index in [0.717, 1.165) is 21.9 Å². The average Bonchev–Trinajstić information content (AvgIpc) is 3.12. The fourth-order valence-corrected chi connectivity index (χ4v) is 6.73. The lowest BCUT2D eigenvalue weighted by Crippen LogP contribution is -2.21. The molecular formula is C19H21N3O2S3. The van der Waals surface area contributed by atoms with E-state index in [9.17, 15) is 8.42 Å². The van der Waals surface area contributed by atoms with E-state index < -0.39 is 9.84 Å². The zero-order chi connectivity index (χ0) is 19.0. The molecule has 1 aliphatic rings. The van der Waals surface area contributed by atoms with Gasteiger partial charge in [-0.3, -0.25) is 0 Å². The number of fused-ring (bicyclic) bond motifs is 1. The highest BCUT2D eigenvalue weighted by Crippen LogP contribution is 2.35. The third-order valence-electron chi connectivity index (χ3n) is 4.76. The number of anilines is 1. The highest BCUT2D eigenvalue weighted by molar-refractivity contribution is 7.98. The number of benzene rings is 1. The molecule has 8 heteroatoms. The van der Waals surface area contributed by atoms with Crippen molar-refractivity contribution in [3.8, 4) is 0 Å². The lowest BCUT2D eigenvalue weighted by atomic mass is 10.2. The number of hydrogen-bond donors (Lipinski definition) is 1. The van der Waals surface area contributed by atoms with Crippen LogP contribution in [0.5, 0.6) is 0 Å². The predicted octanol–water partition coefficient (Wildman–Crippen LogP) is 4.20. The van der Waals surface area contributed by atoms with Gasteiger partial charge >= 0.3 is 0 Å². The van der Waals surface area contributed by atoms with E-state index in [2.05, 4.69) is 31.3 Å². The number of thioether (sulfide) groups is 1. The Hall–Kier alpha value is -1.64. The van der Waals surface area contributed by atoms with Crippen molar-refractivity contribution in [2.24, 2.45) is 0 Å². The van der Waals surface area contributed by atoms with E-state index in [1.54, 1.807) is 23.1 Å². The Balaban J connectivity index is 1.65. The number of nitrogens with zero attached hydrogens (tertiary/aromatic N) is 2. The number of sulfone groups is 1. The molecule has 3 aromatic rings. The Kier molecular flexibility index (Phi) is 5.13. The summed E-state index contributed by atoms with van der Waals surface area (Å²) in [6.45, 7) is 4.16. The lowest BCUT2D eigenvalue weighted by Gasteiger charge is -2.14. The summed E-state index contributed by atoms with van der Waals surface area (Å²) in [5, 5.41) is 4.42. The molecule has 1 aliphatic heterocycles. The second-order valence-electron chi connectivity index (χ2n) is 6.80. The summed E-state index contributed by atoms with van der Waals surface area (Å²) < 4.78 is 23.6. The molecule has 2 aromatic heterocycles. The number of nitrogens with one attached hydrogen (secondary N) is 1. The van der Waals surface area contributed by atoms with Crippen molar-refractivity contribution in [1.82, 2.24) is 9.97 Å². The number of rotatable bonds is 5. The predicted molar refractivity (Wildman–Crippen MR) is 114 cm³/mol. The Morgan fingerprint density at radius 1 is 1.22 bits per heavy atom. The van der Waals surface area contributed by atoms with Crippen LogP contribution in [-0.2, 0) is 15.6 Å². The number of aryl methyl sites for hydroxylation is 2. The molecule has 0 spiro atoms. The Morgan fingerprint density at radius 3 is 2.70 bits per heavy atom. The molecule has 1 fully saturated rings. The van der Waals surface area contributed by atoms with Crippen molar-refractivity contribution in [3.05, 3.63) is 46.6 Å². The molecule has 1 saturated heterocycles. The minimum Gasteiger partial charge on any atom is -0.366 e. The summed E-state index contributed by atoms with van der Waals surface area (Å²) >= 11 is 3.37. The van der Waals surface area contributed by atoms with E-state index in [1.165, 1.54) is 15.3 Å². The second-order valence-corrected chi connectivity index (χ2v) is 11.3. The van der Waals surface area contributed by atoms with Crippen molar-refractivity contribution in [2.45, 2.75) is 37.0 Å². The standard InChI is InChI=1S/C19H21N3O2S3/c1-12-13(2)26-19-17(12)18(20-14-8-9-27(23,24)11-14)21-16(22-19)10-25-15-6-4-3-5-7-15/h3-7,14H,8-11H2,1-2H3,(H,20,21,22)/t14-/m0/s1.